The third kappa shape index (κ3) is 2.56. The number of para-hydroxylation sites is 2. The molecule has 3 aromatic carbocycles. The van der Waals surface area contributed by atoms with E-state index < -0.39 is 0 Å². The van der Waals surface area contributed by atoms with Crippen molar-refractivity contribution in [1.82, 2.24) is 0 Å². The number of fused-ring (bicyclic) bond motifs is 2. The summed E-state index contributed by atoms with van der Waals surface area (Å²) >= 11 is 0. The monoisotopic (exact) mass is 426 g/mol. The molecule has 0 fully saturated rings. The average molecular weight is 427 g/mol. The van der Waals surface area contributed by atoms with Gasteiger partial charge in [0.05, 0.1) is 22.9 Å². The molecule has 162 valence electrons. The van der Waals surface area contributed by atoms with E-state index in [1.165, 1.54) is 11.1 Å². The number of benzene rings is 2. The van der Waals surface area contributed by atoms with Crippen LogP contribution in [0.2, 0.25) is 0 Å². The summed E-state index contributed by atoms with van der Waals surface area (Å²) in [6.07, 6.45) is 3.84. The summed E-state index contributed by atoms with van der Waals surface area (Å²) in [4.78, 5) is 4.29. The number of anilines is 2. The highest BCUT2D eigenvalue weighted by atomic mass is 16.3. The Bertz CT molecular complexity index is 1170. The highest BCUT2D eigenvalue weighted by Crippen LogP contribution is 2.53. The Balaban J connectivity index is 1.55. The van der Waals surface area contributed by atoms with Crippen molar-refractivity contribution >= 4 is 23.5 Å². The molecular formula is C28H30N2O2+2. The smallest absolute Gasteiger partial charge is 0.305 e. The average Bonchev–Trinajstić information content (AvgIpc) is 3.09. The lowest BCUT2D eigenvalue weighted by molar-refractivity contribution is 0.422. The quantitative estimate of drug-likeness (QED) is 0.488. The lowest BCUT2D eigenvalue weighted by Gasteiger charge is -2.22. The van der Waals surface area contributed by atoms with Gasteiger partial charge in [-0.25, -0.2) is 0 Å². The Kier molecular flexibility index (Phi) is 4.20. The molecule has 2 N–H and O–H groups in total. The van der Waals surface area contributed by atoms with Gasteiger partial charge in [0, 0.05) is 25.2 Å². The second kappa shape index (κ2) is 6.55. The van der Waals surface area contributed by atoms with E-state index in [1.807, 2.05) is 38.4 Å². The summed E-state index contributed by atoms with van der Waals surface area (Å²) in [5.74, 6) is 0.283. The molecule has 0 bridgehead atoms. The predicted molar refractivity (Wildman–Crippen MR) is 133 cm³/mol. The molecule has 0 amide bonds. The Morgan fingerprint density at radius 1 is 0.781 bits per heavy atom. The van der Waals surface area contributed by atoms with Crippen molar-refractivity contribution in [3.63, 3.8) is 0 Å². The van der Waals surface area contributed by atoms with Gasteiger partial charge < -0.3 is 20.0 Å². The van der Waals surface area contributed by atoms with Crippen molar-refractivity contribution in [2.45, 2.75) is 38.5 Å². The first kappa shape index (κ1) is 20.5. The molecule has 0 saturated carbocycles. The molecule has 32 heavy (non-hydrogen) atoms. The molecule has 0 aliphatic carbocycles. The summed E-state index contributed by atoms with van der Waals surface area (Å²) in [5, 5.41) is 21.9. The second-order valence-corrected chi connectivity index (χ2v) is 9.99. The standard InChI is InChI=1S/C28H29N2O2/c1-27(2)19-11-7-9-13-21(19)29(5)23(27)15-17-25(31)18(26(17)32)16-24-28(3,4)20-12-8-10-14-22(20)30(24)6/h7-16,31H,1-6H3/q+1/p+1. The molecule has 5 rings (SSSR count). The molecule has 0 unspecified atom stereocenters. The third-order valence-corrected chi connectivity index (χ3v) is 7.46. The fourth-order valence-corrected chi connectivity index (χ4v) is 5.52. The Morgan fingerprint density at radius 2 is 1.25 bits per heavy atom. The maximum absolute atomic E-state index is 10.9. The first-order valence-electron chi connectivity index (χ1n) is 11.0. The molecule has 2 heterocycles. The Hall–Kier alpha value is -3.40. The van der Waals surface area contributed by atoms with Gasteiger partial charge in [-0.3, -0.25) is 0 Å². The highest BCUT2D eigenvalue weighted by molar-refractivity contribution is 5.88. The number of hydrogen-bond donors (Lipinski definition) is 2. The lowest BCUT2D eigenvalue weighted by Crippen LogP contribution is -2.23. The number of rotatable bonds is 2. The van der Waals surface area contributed by atoms with Crippen LogP contribution in [0.25, 0.3) is 12.2 Å². The Morgan fingerprint density at radius 3 is 1.75 bits per heavy atom. The van der Waals surface area contributed by atoms with Crippen molar-refractivity contribution in [2.75, 3.05) is 23.9 Å². The van der Waals surface area contributed by atoms with E-state index >= 15 is 0 Å². The van der Waals surface area contributed by atoms with Gasteiger partial charge in [-0.15, -0.1) is 0 Å². The van der Waals surface area contributed by atoms with Gasteiger partial charge in [0.25, 0.3) is 5.56 Å². The molecule has 3 aromatic rings. The normalized spacial score (nSPS) is 20.9. The van der Waals surface area contributed by atoms with Crippen molar-refractivity contribution in [3.8, 4) is 11.5 Å². The van der Waals surface area contributed by atoms with Gasteiger partial charge in [0.15, 0.2) is 0 Å². The minimum absolute atomic E-state index is 0.141. The summed E-state index contributed by atoms with van der Waals surface area (Å²) < 4.78 is 0. The van der Waals surface area contributed by atoms with Crippen LogP contribution in [-0.2, 0) is 10.8 Å². The largest absolute Gasteiger partial charge is 0.455 e. The predicted octanol–water partition coefficient (Wildman–Crippen LogP) is 6.07. The van der Waals surface area contributed by atoms with Crippen LogP contribution in [0.5, 0.6) is 11.5 Å². The van der Waals surface area contributed by atoms with Crippen molar-refractivity contribution < 1.29 is 10.2 Å². The number of nitrogens with zero attached hydrogens (tertiary/aromatic N) is 2. The maximum atomic E-state index is 10.9. The first-order chi connectivity index (χ1) is 15.1. The molecule has 4 heteroatoms. The van der Waals surface area contributed by atoms with E-state index in [0.29, 0.717) is 11.1 Å². The fraction of sp³-hybridized carbons (Fsp3) is 0.286. The topological polar surface area (TPSA) is 46.9 Å². The Labute approximate surface area is 190 Å². The van der Waals surface area contributed by atoms with Gasteiger partial charge in [0.2, 0.25) is 5.56 Å². The summed E-state index contributed by atoms with van der Waals surface area (Å²) in [5.41, 5.74) is 7.43. The van der Waals surface area contributed by atoms with Crippen molar-refractivity contribution in [1.29, 1.82) is 0 Å². The zero-order chi connectivity index (χ0) is 23.0. The van der Waals surface area contributed by atoms with Gasteiger partial charge in [0.1, 0.15) is 11.8 Å². The fourth-order valence-electron chi connectivity index (χ4n) is 5.52. The first-order valence-corrected chi connectivity index (χ1v) is 11.0. The summed E-state index contributed by atoms with van der Waals surface area (Å²) in [6.45, 7) is 8.70. The number of allylic oxidation sites excluding steroid dienone is 2. The van der Waals surface area contributed by atoms with Crippen LogP contribution in [0.3, 0.4) is 0 Å². The van der Waals surface area contributed by atoms with Crippen LogP contribution in [0.1, 0.15) is 49.9 Å². The second-order valence-electron chi connectivity index (χ2n) is 9.99. The highest BCUT2D eigenvalue weighted by Gasteiger charge is 2.47. The zero-order valence-electron chi connectivity index (χ0n) is 19.6. The van der Waals surface area contributed by atoms with Crippen molar-refractivity contribution in [3.05, 3.63) is 82.2 Å². The van der Waals surface area contributed by atoms with E-state index in [-0.39, 0.29) is 22.3 Å². The molecule has 4 nitrogen and oxygen atoms in total. The van der Waals surface area contributed by atoms with E-state index in [2.05, 4.69) is 73.9 Å². The van der Waals surface area contributed by atoms with Crippen LogP contribution in [-0.4, -0.2) is 24.3 Å². The molecule has 2 aliphatic rings. The molecule has 0 aromatic heterocycles. The van der Waals surface area contributed by atoms with Crippen LogP contribution >= 0.6 is 0 Å². The maximum Gasteiger partial charge on any atom is 0.305 e. The number of aromatic hydroxyl groups is 2. The SMILES string of the molecule is CN1C(=Cc2c(O)[c+](C=C3N(C)c4ccccc4C3(C)C)[c+]2O)C(C)(C)c2ccccc21. The van der Waals surface area contributed by atoms with E-state index in [9.17, 15) is 10.2 Å². The molecule has 0 saturated heterocycles. The molecule has 0 atom stereocenters. The van der Waals surface area contributed by atoms with Gasteiger partial charge in [-0.2, -0.15) is 0 Å². The minimum Gasteiger partial charge on any atom is -0.455 e. The molecule has 2 aliphatic heterocycles. The van der Waals surface area contributed by atoms with E-state index in [0.717, 1.165) is 22.8 Å². The molecule has 0 radical (unpaired) electrons. The van der Waals surface area contributed by atoms with Gasteiger partial charge in [-0.05, 0) is 51.0 Å². The lowest BCUT2D eigenvalue weighted by atomic mass is 9.81. The summed E-state index contributed by atoms with van der Waals surface area (Å²) in [6, 6.07) is 16.7. The van der Waals surface area contributed by atoms with Crippen LogP contribution in [0, 0.1) is 0 Å². The summed E-state index contributed by atoms with van der Waals surface area (Å²) in [7, 11) is 4.07. The van der Waals surface area contributed by atoms with Gasteiger partial charge in [-0.1, -0.05) is 36.4 Å². The minimum atomic E-state index is -0.220. The number of likely N-dealkylation sites (N-methyl/N-ethyl adjacent to an activating group) is 2. The number of hydrogen-bond acceptors (Lipinski definition) is 4. The van der Waals surface area contributed by atoms with Gasteiger partial charge >= 0.3 is 11.5 Å². The molecular weight excluding hydrogens is 396 g/mol. The van der Waals surface area contributed by atoms with Crippen LogP contribution in [0.4, 0.5) is 11.4 Å². The van der Waals surface area contributed by atoms with Crippen LogP contribution < -0.4 is 9.80 Å². The molecule has 0 spiro atoms. The van der Waals surface area contributed by atoms with Crippen molar-refractivity contribution in [2.24, 2.45) is 0 Å². The van der Waals surface area contributed by atoms with E-state index in [1.54, 1.807) is 0 Å². The van der Waals surface area contributed by atoms with Crippen LogP contribution in [0.15, 0.2) is 59.9 Å². The third-order valence-electron chi connectivity index (χ3n) is 7.46. The zero-order valence-corrected chi connectivity index (χ0v) is 19.6. The van der Waals surface area contributed by atoms with E-state index in [4.69, 9.17) is 0 Å².